The molecule has 0 bridgehead atoms. The number of carbonyl (C=O) groups is 1. The molecular formula is C13H17NO3. The van der Waals surface area contributed by atoms with E-state index in [1.165, 1.54) is 0 Å². The summed E-state index contributed by atoms with van der Waals surface area (Å²) in [6, 6.07) is 5.07. The molecule has 1 heterocycles. The van der Waals surface area contributed by atoms with Gasteiger partial charge >= 0.3 is 0 Å². The van der Waals surface area contributed by atoms with Crippen molar-refractivity contribution in [2.75, 3.05) is 11.9 Å². The van der Waals surface area contributed by atoms with Gasteiger partial charge in [-0.25, -0.2) is 0 Å². The first-order valence-electron chi connectivity index (χ1n) is 5.77. The third-order valence-corrected chi connectivity index (χ3v) is 3.25. The van der Waals surface area contributed by atoms with Crippen LogP contribution in [-0.4, -0.2) is 23.2 Å². The molecule has 17 heavy (non-hydrogen) atoms. The van der Waals surface area contributed by atoms with E-state index in [1.807, 2.05) is 0 Å². The van der Waals surface area contributed by atoms with E-state index < -0.39 is 5.60 Å². The zero-order chi connectivity index (χ0) is 12.5. The highest BCUT2D eigenvalue weighted by Gasteiger charge is 2.37. The largest absolute Gasteiger partial charge is 0.508 e. The maximum atomic E-state index is 12.1. The molecule has 1 aromatic carbocycles. The normalized spacial score (nSPS) is 23.6. The SMILES string of the molecule is Cc1c(O)cccc1NC(=O)C1(C)CCCO1. The van der Waals surface area contributed by atoms with Crippen molar-refractivity contribution in [1.29, 1.82) is 0 Å². The number of benzene rings is 1. The Kier molecular flexibility index (Phi) is 3.07. The summed E-state index contributed by atoms with van der Waals surface area (Å²) in [6.07, 6.45) is 1.64. The number of phenolic OH excluding ortho intramolecular Hbond substituents is 1. The standard InChI is InChI=1S/C13H17NO3/c1-9-10(5-3-6-11(9)15)14-12(16)13(2)7-4-8-17-13/h3,5-6,15H,4,7-8H2,1-2H3,(H,14,16). The third-order valence-electron chi connectivity index (χ3n) is 3.25. The van der Waals surface area contributed by atoms with Gasteiger partial charge < -0.3 is 15.2 Å². The van der Waals surface area contributed by atoms with E-state index in [4.69, 9.17) is 4.74 Å². The van der Waals surface area contributed by atoms with Crippen molar-refractivity contribution in [2.24, 2.45) is 0 Å². The Bertz CT molecular complexity index is 436. The molecule has 2 rings (SSSR count). The Morgan fingerprint density at radius 2 is 2.29 bits per heavy atom. The number of rotatable bonds is 2. The lowest BCUT2D eigenvalue weighted by Gasteiger charge is -2.22. The lowest BCUT2D eigenvalue weighted by atomic mass is 10.0. The van der Waals surface area contributed by atoms with E-state index in [-0.39, 0.29) is 11.7 Å². The molecule has 0 aromatic heterocycles. The van der Waals surface area contributed by atoms with Crippen LogP contribution in [0.4, 0.5) is 5.69 Å². The molecular weight excluding hydrogens is 218 g/mol. The van der Waals surface area contributed by atoms with Gasteiger partial charge in [-0.3, -0.25) is 4.79 Å². The van der Waals surface area contributed by atoms with Gasteiger partial charge in [0.1, 0.15) is 11.4 Å². The Morgan fingerprint density at radius 1 is 1.53 bits per heavy atom. The molecule has 0 spiro atoms. The number of ether oxygens (including phenoxy) is 1. The Hall–Kier alpha value is -1.55. The fourth-order valence-corrected chi connectivity index (χ4v) is 1.97. The molecule has 1 aliphatic rings. The number of carbonyl (C=O) groups excluding carboxylic acids is 1. The van der Waals surface area contributed by atoms with E-state index in [0.29, 0.717) is 17.9 Å². The molecule has 1 fully saturated rings. The summed E-state index contributed by atoms with van der Waals surface area (Å²) in [5, 5.41) is 12.4. The second-order valence-electron chi connectivity index (χ2n) is 4.59. The quantitative estimate of drug-likeness (QED) is 0.826. The molecule has 4 nitrogen and oxygen atoms in total. The second kappa shape index (κ2) is 4.37. The van der Waals surface area contributed by atoms with Gasteiger partial charge in [0.05, 0.1) is 0 Å². The topological polar surface area (TPSA) is 58.6 Å². The molecule has 1 unspecified atom stereocenters. The number of phenols is 1. The zero-order valence-corrected chi connectivity index (χ0v) is 10.1. The van der Waals surface area contributed by atoms with Crippen molar-refractivity contribution in [2.45, 2.75) is 32.3 Å². The van der Waals surface area contributed by atoms with Gasteiger partial charge in [-0.1, -0.05) is 6.07 Å². The molecule has 1 aromatic rings. The minimum absolute atomic E-state index is 0.149. The average Bonchev–Trinajstić information content (AvgIpc) is 2.73. The smallest absolute Gasteiger partial charge is 0.256 e. The summed E-state index contributed by atoms with van der Waals surface area (Å²) < 4.78 is 5.47. The summed E-state index contributed by atoms with van der Waals surface area (Å²) in [5.41, 5.74) is 0.562. The van der Waals surface area contributed by atoms with Gasteiger partial charge in [-0.2, -0.15) is 0 Å². The molecule has 1 atom stereocenters. The molecule has 0 radical (unpaired) electrons. The summed E-state index contributed by atoms with van der Waals surface area (Å²) in [6.45, 7) is 4.19. The molecule has 0 aliphatic carbocycles. The van der Waals surface area contributed by atoms with Crippen LogP contribution in [0.15, 0.2) is 18.2 Å². The first-order valence-corrected chi connectivity index (χ1v) is 5.77. The van der Waals surface area contributed by atoms with E-state index in [0.717, 1.165) is 12.8 Å². The number of amides is 1. The first-order chi connectivity index (χ1) is 8.03. The Balaban J connectivity index is 2.16. The number of nitrogens with one attached hydrogen (secondary N) is 1. The Morgan fingerprint density at radius 3 is 2.94 bits per heavy atom. The summed E-state index contributed by atoms with van der Waals surface area (Å²) in [7, 11) is 0. The van der Waals surface area contributed by atoms with E-state index >= 15 is 0 Å². The highest BCUT2D eigenvalue weighted by Crippen LogP contribution is 2.29. The average molecular weight is 235 g/mol. The van der Waals surface area contributed by atoms with Crippen molar-refractivity contribution >= 4 is 11.6 Å². The van der Waals surface area contributed by atoms with E-state index in [2.05, 4.69) is 5.32 Å². The van der Waals surface area contributed by atoms with Crippen molar-refractivity contribution in [3.8, 4) is 5.75 Å². The van der Waals surface area contributed by atoms with Crippen LogP contribution in [0, 0.1) is 6.92 Å². The van der Waals surface area contributed by atoms with Crippen LogP contribution in [0.25, 0.3) is 0 Å². The first kappa shape index (κ1) is 11.9. The van der Waals surface area contributed by atoms with Gasteiger partial charge in [0.15, 0.2) is 0 Å². The van der Waals surface area contributed by atoms with Crippen LogP contribution in [0.1, 0.15) is 25.3 Å². The summed E-state index contributed by atoms with van der Waals surface area (Å²) in [4.78, 5) is 12.1. The molecule has 1 aliphatic heterocycles. The lowest BCUT2D eigenvalue weighted by molar-refractivity contribution is -0.133. The van der Waals surface area contributed by atoms with E-state index in [9.17, 15) is 9.90 Å². The number of hydrogen-bond acceptors (Lipinski definition) is 3. The van der Waals surface area contributed by atoms with Crippen molar-refractivity contribution in [3.63, 3.8) is 0 Å². The predicted molar refractivity (Wildman–Crippen MR) is 65.1 cm³/mol. The van der Waals surface area contributed by atoms with Gasteiger partial charge in [-0.15, -0.1) is 0 Å². The van der Waals surface area contributed by atoms with Crippen LogP contribution in [0.2, 0.25) is 0 Å². The van der Waals surface area contributed by atoms with Crippen molar-refractivity contribution in [1.82, 2.24) is 0 Å². The van der Waals surface area contributed by atoms with Gasteiger partial charge in [0, 0.05) is 17.9 Å². The van der Waals surface area contributed by atoms with Gasteiger partial charge in [-0.05, 0) is 38.8 Å². The summed E-state index contributed by atoms with van der Waals surface area (Å²) in [5.74, 6) is 0.0315. The minimum Gasteiger partial charge on any atom is -0.508 e. The summed E-state index contributed by atoms with van der Waals surface area (Å²) >= 11 is 0. The molecule has 1 saturated heterocycles. The third kappa shape index (κ3) is 2.26. The van der Waals surface area contributed by atoms with Crippen LogP contribution in [0.3, 0.4) is 0 Å². The second-order valence-corrected chi connectivity index (χ2v) is 4.59. The van der Waals surface area contributed by atoms with E-state index in [1.54, 1.807) is 32.0 Å². The van der Waals surface area contributed by atoms with Crippen LogP contribution in [-0.2, 0) is 9.53 Å². The Labute approximate surface area is 101 Å². The van der Waals surface area contributed by atoms with Gasteiger partial charge in [0.2, 0.25) is 0 Å². The lowest BCUT2D eigenvalue weighted by Crippen LogP contribution is -2.39. The fraction of sp³-hybridized carbons (Fsp3) is 0.462. The van der Waals surface area contributed by atoms with Crippen LogP contribution >= 0.6 is 0 Å². The highest BCUT2D eigenvalue weighted by atomic mass is 16.5. The predicted octanol–water partition coefficient (Wildman–Crippen LogP) is 2.21. The monoisotopic (exact) mass is 235 g/mol. The molecule has 2 N–H and O–H groups in total. The number of anilines is 1. The maximum absolute atomic E-state index is 12.1. The molecule has 4 heteroatoms. The van der Waals surface area contributed by atoms with Crippen LogP contribution < -0.4 is 5.32 Å². The van der Waals surface area contributed by atoms with Crippen molar-refractivity contribution in [3.05, 3.63) is 23.8 Å². The molecule has 1 amide bonds. The minimum atomic E-state index is -0.738. The maximum Gasteiger partial charge on any atom is 0.256 e. The zero-order valence-electron chi connectivity index (χ0n) is 10.1. The van der Waals surface area contributed by atoms with Crippen LogP contribution in [0.5, 0.6) is 5.75 Å². The van der Waals surface area contributed by atoms with Crippen molar-refractivity contribution < 1.29 is 14.6 Å². The fourth-order valence-electron chi connectivity index (χ4n) is 1.97. The highest BCUT2D eigenvalue weighted by molar-refractivity contribution is 5.98. The number of aromatic hydroxyl groups is 1. The number of hydrogen-bond donors (Lipinski definition) is 2. The molecule has 92 valence electrons. The molecule has 0 saturated carbocycles. The van der Waals surface area contributed by atoms with Gasteiger partial charge in [0.25, 0.3) is 5.91 Å².